The summed E-state index contributed by atoms with van der Waals surface area (Å²) in [4.78, 5) is 29.1. The second-order valence-corrected chi connectivity index (χ2v) is 9.20. The van der Waals surface area contributed by atoms with E-state index in [0.717, 1.165) is 4.31 Å². The summed E-state index contributed by atoms with van der Waals surface area (Å²) in [7, 11) is -0.710. The molecule has 1 aromatic carbocycles. The van der Waals surface area contributed by atoms with Crippen molar-refractivity contribution >= 4 is 15.9 Å². The highest BCUT2D eigenvalue weighted by Gasteiger charge is 2.31. The van der Waals surface area contributed by atoms with E-state index in [-0.39, 0.29) is 24.8 Å². The fourth-order valence-corrected chi connectivity index (χ4v) is 3.66. The molecule has 2 aromatic rings. The molecule has 0 aliphatic carbocycles. The fourth-order valence-electron chi connectivity index (χ4n) is 2.99. The van der Waals surface area contributed by atoms with Gasteiger partial charge >= 0.3 is 0 Å². The molecule has 1 unspecified atom stereocenters. The van der Waals surface area contributed by atoms with Gasteiger partial charge in [-0.2, -0.15) is 0 Å². The van der Waals surface area contributed by atoms with Crippen LogP contribution in [0.4, 0.5) is 4.39 Å². The number of carbonyl (C=O) groups is 1. The molecule has 1 amide bonds. The second kappa shape index (κ2) is 8.50. The first-order chi connectivity index (χ1) is 14.1. The topological polar surface area (TPSA) is 134 Å². The number of hydrogen-bond donors (Lipinski definition) is 3. The first-order valence-corrected chi connectivity index (χ1v) is 10.7. The maximum atomic E-state index is 13.0. The van der Waals surface area contributed by atoms with Crippen LogP contribution in [0.3, 0.4) is 0 Å². The largest absolute Gasteiger partial charge is 0.501 e. The first kappa shape index (κ1) is 21.9. The Hall–Kier alpha value is -2.83. The summed E-state index contributed by atoms with van der Waals surface area (Å²) in [6.45, 7) is 0.271. The van der Waals surface area contributed by atoms with E-state index in [2.05, 4.69) is 15.6 Å². The Morgan fingerprint density at radius 1 is 1.33 bits per heavy atom. The van der Waals surface area contributed by atoms with E-state index in [4.69, 9.17) is 0 Å². The number of nitrogens with one attached hydrogen (secondary N) is 2. The van der Waals surface area contributed by atoms with Crippen LogP contribution in [0.5, 0.6) is 5.75 Å². The molecule has 1 atom stereocenters. The van der Waals surface area contributed by atoms with Gasteiger partial charge in [0.15, 0.2) is 5.69 Å². The normalized spacial score (nSPS) is 15.9. The average Bonchev–Trinajstić information content (AvgIpc) is 3.11. The minimum atomic E-state index is -3.52. The van der Waals surface area contributed by atoms with Crippen molar-refractivity contribution in [2.75, 3.05) is 20.0 Å². The quantitative estimate of drug-likeness (QED) is 0.549. The van der Waals surface area contributed by atoms with Crippen LogP contribution in [-0.4, -0.2) is 53.3 Å². The van der Waals surface area contributed by atoms with Gasteiger partial charge in [0.05, 0.1) is 6.04 Å². The Bertz CT molecular complexity index is 1120. The molecule has 3 rings (SSSR count). The fraction of sp³-hybridized carbons (Fsp3) is 0.389. The highest BCUT2D eigenvalue weighted by molar-refractivity contribution is 7.89. The van der Waals surface area contributed by atoms with Gasteiger partial charge in [-0.05, 0) is 24.1 Å². The van der Waals surface area contributed by atoms with Crippen LogP contribution in [0.2, 0.25) is 0 Å². The number of rotatable bonds is 7. The van der Waals surface area contributed by atoms with Gasteiger partial charge in [-0.3, -0.25) is 19.5 Å². The van der Waals surface area contributed by atoms with Crippen LogP contribution < -0.4 is 16.2 Å². The van der Waals surface area contributed by atoms with Crippen molar-refractivity contribution in [2.24, 2.45) is 0 Å². The lowest BCUT2D eigenvalue weighted by molar-refractivity contribution is 0.0941. The van der Waals surface area contributed by atoms with Gasteiger partial charge in [0.1, 0.15) is 17.5 Å². The molecule has 1 aliphatic heterocycles. The van der Waals surface area contributed by atoms with Crippen molar-refractivity contribution in [2.45, 2.75) is 25.6 Å². The second-order valence-electron chi connectivity index (χ2n) is 7.02. The third kappa shape index (κ3) is 4.50. The number of amides is 1. The van der Waals surface area contributed by atoms with Gasteiger partial charge in [-0.15, -0.1) is 0 Å². The number of fused-ring (bicyclic) bond motifs is 1. The molecule has 12 heteroatoms. The van der Waals surface area contributed by atoms with Crippen molar-refractivity contribution in [3.63, 3.8) is 0 Å². The van der Waals surface area contributed by atoms with Crippen molar-refractivity contribution in [1.29, 1.82) is 0 Å². The van der Waals surface area contributed by atoms with Crippen molar-refractivity contribution in [3.8, 4) is 5.75 Å². The van der Waals surface area contributed by atoms with Crippen LogP contribution in [0.15, 0.2) is 29.1 Å². The van der Waals surface area contributed by atoms with Gasteiger partial charge in [0, 0.05) is 27.2 Å². The number of aromatic hydroxyl groups is 1. The van der Waals surface area contributed by atoms with Gasteiger partial charge in [-0.25, -0.2) is 22.1 Å². The number of carbonyl (C=O) groups excluding carboxylic acids is 1. The van der Waals surface area contributed by atoms with Crippen LogP contribution in [0, 0.1) is 5.82 Å². The van der Waals surface area contributed by atoms with E-state index in [0.29, 0.717) is 12.0 Å². The number of halogens is 1. The Morgan fingerprint density at radius 2 is 2.00 bits per heavy atom. The third-order valence-electron chi connectivity index (χ3n) is 4.78. The van der Waals surface area contributed by atoms with Gasteiger partial charge in [0.2, 0.25) is 15.8 Å². The minimum absolute atomic E-state index is 0.0431. The minimum Gasteiger partial charge on any atom is -0.501 e. The standard InChI is InChI=1S/C18H22FN5O5S/c1-23(2)30(28,29)10-21-13-7-8-24-16(13)22-14(15(25)18(24)27)17(26)20-9-11-3-5-12(19)6-4-11/h3-6,13,21,25H,7-10H2,1-2H3,(H,20,26). The van der Waals surface area contributed by atoms with Gasteiger partial charge in [0.25, 0.3) is 11.5 Å². The summed E-state index contributed by atoms with van der Waals surface area (Å²) in [6, 6.07) is 4.90. The molecule has 0 saturated carbocycles. The number of hydrogen-bond acceptors (Lipinski definition) is 7. The molecule has 0 spiro atoms. The highest BCUT2D eigenvalue weighted by atomic mass is 32.2. The monoisotopic (exact) mass is 439 g/mol. The molecule has 10 nitrogen and oxygen atoms in total. The molecule has 30 heavy (non-hydrogen) atoms. The third-order valence-corrected chi connectivity index (χ3v) is 6.42. The molecule has 3 N–H and O–H groups in total. The summed E-state index contributed by atoms with van der Waals surface area (Å²) < 4.78 is 39.2. The van der Waals surface area contributed by atoms with E-state index in [9.17, 15) is 27.5 Å². The lowest BCUT2D eigenvalue weighted by Gasteiger charge is -2.16. The molecule has 1 aliphatic rings. The van der Waals surface area contributed by atoms with E-state index in [1.54, 1.807) is 0 Å². The maximum absolute atomic E-state index is 13.0. The summed E-state index contributed by atoms with van der Waals surface area (Å²) >= 11 is 0. The van der Waals surface area contributed by atoms with Crippen LogP contribution in [-0.2, 0) is 23.1 Å². The van der Waals surface area contributed by atoms with Crippen molar-refractivity contribution in [1.82, 2.24) is 24.5 Å². The molecule has 2 heterocycles. The molecular formula is C18H22FN5O5S. The van der Waals surface area contributed by atoms with E-state index in [1.165, 1.54) is 42.9 Å². The molecule has 0 bridgehead atoms. The number of aromatic nitrogens is 2. The van der Waals surface area contributed by atoms with Crippen molar-refractivity contribution < 1.29 is 22.7 Å². The zero-order valence-corrected chi connectivity index (χ0v) is 17.2. The first-order valence-electron chi connectivity index (χ1n) is 9.10. The average molecular weight is 439 g/mol. The smallest absolute Gasteiger partial charge is 0.296 e. The highest BCUT2D eigenvalue weighted by Crippen LogP contribution is 2.24. The van der Waals surface area contributed by atoms with Crippen LogP contribution >= 0.6 is 0 Å². The Balaban J connectivity index is 1.80. The molecular weight excluding hydrogens is 417 g/mol. The lowest BCUT2D eigenvalue weighted by Crippen LogP contribution is -2.35. The number of benzene rings is 1. The molecule has 0 radical (unpaired) electrons. The SMILES string of the molecule is CN(C)S(=O)(=O)CNC1CCn2c1nc(C(=O)NCc1ccc(F)cc1)c(O)c2=O. The predicted octanol–water partition coefficient (Wildman–Crippen LogP) is -0.0987. The summed E-state index contributed by atoms with van der Waals surface area (Å²) in [5.41, 5.74) is -0.597. The predicted molar refractivity (Wildman–Crippen MR) is 106 cm³/mol. The molecule has 0 saturated heterocycles. The Kier molecular flexibility index (Phi) is 6.19. The summed E-state index contributed by atoms with van der Waals surface area (Å²) in [5, 5.41) is 15.5. The summed E-state index contributed by atoms with van der Waals surface area (Å²) in [6.07, 6.45) is 0.380. The molecule has 0 fully saturated rings. The van der Waals surface area contributed by atoms with Crippen LogP contribution in [0.25, 0.3) is 0 Å². The van der Waals surface area contributed by atoms with Crippen LogP contribution in [0.1, 0.15) is 34.3 Å². The number of nitrogens with zero attached hydrogens (tertiary/aromatic N) is 3. The van der Waals surface area contributed by atoms with E-state index < -0.39 is 44.8 Å². The Labute approximate surface area is 172 Å². The van der Waals surface area contributed by atoms with Gasteiger partial charge in [-0.1, -0.05) is 12.1 Å². The van der Waals surface area contributed by atoms with Crippen molar-refractivity contribution in [3.05, 3.63) is 57.5 Å². The molecule has 162 valence electrons. The van der Waals surface area contributed by atoms with E-state index >= 15 is 0 Å². The zero-order valence-electron chi connectivity index (χ0n) is 16.4. The zero-order chi connectivity index (χ0) is 22.1. The molecule has 1 aromatic heterocycles. The summed E-state index contributed by atoms with van der Waals surface area (Å²) in [5.74, 6) is -2.15. The van der Waals surface area contributed by atoms with E-state index in [1.807, 2.05) is 0 Å². The number of sulfonamides is 1. The Morgan fingerprint density at radius 3 is 2.63 bits per heavy atom. The van der Waals surface area contributed by atoms with Gasteiger partial charge < -0.3 is 10.4 Å². The lowest BCUT2D eigenvalue weighted by atomic mass is 10.2. The maximum Gasteiger partial charge on any atom is 0.296 e.